The molecule has 0 atom stereocenters. The highest BCUT2D eigenvalue weighted by Gasteiger charge is 2.21. The van der Waals surface area contributed by atoms with Gasteiger partial charge in [0, 0.05) is 12.1 Å². The zero-order valence-corrected chi connectivity index (χ0v) is 12.3. The highest BCUT2D eigenvalue weighted by atomic mass is 32.2. The van der Waals surface area contributed by atoms with Crippen LogP contribution < -0.4 is 10.0 Å². The number of hydrogen-bond acceptors (Lipinski definition) is 3. The van der Waals surface area contributed by atoms with Gasteiger partial charge in [0.05, 0.1) is 5.69 Å². The van der Waals surface area contributed by atoms with Crippen LogP contribution in [0.4, 0.5) is 5.69 Å². The van der Waals surface area contributed by atoms with Crippen LogP contribution in [0.25, 0.3) is 0 Å². The molecule has 0 fully saturated rings. The Kier molecular flexibility index (Phi) is 4.76. The lowest BCUT2D eigenvalue weighted by molar-refractivity contribution is 0.544. The summed E-state index contributed by atoms with van der Waals surface area (Å²) in [5.74, 6) is 0. The van der Waals surface area contributed by atoms with Gasteiger partial charge in [0.25, 0.3) is 0 Å². The van der Waals surface area contributed by atoms with Gasteiger partial charge in [0.15, 0.2) is 0 Å². The average Bonchev–Trinajstić information content (AvgIpc) is 2.29. The van der Waals surface area contributed by atoms with Crippen molar-refractivity contribution in [2.45, 2.75) is 44.6 Å². The molecule has 2 N–H and O–H groups in total. The van der Waals surface area contributed by atoms with E-state index >= 15 is 0 Å². The molecule has 0 aliphatic carbocycles. The number of rotatable bonds is 6. The minimum Gasteiger partial charge on any atom is -0.379 e. The van der Waals surface area contributed by atoms with Crippen LogP contribution in [0.1, 0.15) is 34.1 Å². The van der Waals surface area contributed by atoms with Crippen LogP contribution in [0, 0.1) is 0 Å². The predicted octanol–water partition coefficient (Wildman–Crippen LogP) is 2.59. The van der Waals surface area contributed by atoms with E-state index in [4.69, 9.17) is 0 Å². The Labute approximate surface area is 110 Å². The van der Waals surface area contributed by atoms with E-state index in [-0.39, 0.29) is 5.54 Å². The Balaban J connectivity index is 3.15. The van der Waals surface area contributed by atoms with Gasteiger partial charge < -0.3 is 5.32 Å². The summed E-state index contributed by atoms with van der Waals surface area (Å²) in [6.07, 6.45) is 0.905. The first-order valence-electron chi connectivity index (χ1n) is 6.19. The fourth-order valence-electron chi connectivity index (χ4n) is 1.52. The van der Waals surface area contributed by atoms with Crippen molar-refractivity contribution in [1.29, 1.82) is 0 Å². The van der Waals surface area contributed by atoms with Crippen molar-refractivity contribution >= 4 is 15.7 Å². The van der Waals surface area contributed by atoms with Crippen LogP contribution >= 0.6 is 0 Å². The molecule has 102 valence electrons. The van der Waals surface area contributed by atoms with Crippen molar-refractivity contribution in [2.24, 2.45) is 0 Å². The van der Waals surface area contributed by atoms with E-state index in [0.717, 1.165) is 6.42 Å². The first-order chi connectivity index (χ1) is 8.32. The van der Waals surface area contributed by atoms with Crippen LogP contribution in [-0.4, -0.2) is 20.5 Å². The van der Waals surface area contributed by atoms with E-state index in [1.54, 1.807) is 25.1 Å². The van der Waals surface area contributed by atoms with Gasteiger partial charge in [-0.3, -0.25) is 0 Å². The van der Waals surface area contributed by atoms with Gasteiger partial charge >= 0.3 is 0 Å². The molecule has 0 bridgehead atoms. The highest BCUT2D eigenvalue weighted by Crippen LogP contribution is 2.25. The molecule has 0 aliphatic rings. The third kappa shape index (κ3) is 3.71. The molecule has 0 spiro atoms. The summed E-state index contributed by atoms with van der Waals surface area (Å²) in [7, 11) is -3.43. The molecule has 0 radical (unpaired) electrons. The lowest BCUT2D eigenvalue weighted by atomic mass is 10.0. The molecule has 1 aromatic carbocycles. The van der Waals surface area contributed by atoms with E-state index in [1.165, 1.54) is 0 Å². The Bertz CT molecular complexity index is 495. The first-order valence-corrected chi connectivity index (χ1v) is 7.67. The number of benzene rings is 1. The van der Waals surface area contributed by atoms with Crippen LogP contribution in [0.3, 0.4) is 0 Å². The zero-order chi connectivity index (χ0) is 13.8. The standard InChI is InChI=1S/C13H22N2O2S/c1-5-13(3,4)15-11-9-7-8-10-12(11)18(16,17)14-6-2/h7-10,14-15H,5-6H2,1-4H3. The monoisotopic (exact) mass is 270 g/mol. The molecule has 0 aliphatic heterocycles. The van der Waals surface area contributed by atoms with Crippen molar-refractivity contribution in [3.8, 4) is 0 Å². The summed E-state index contributed by atoms with van der Waals surface area (Å²) < 4.78 is 26.7. The van der Waals surface area contributed by atoms with Crippen LogP contribution in [0.5, 0.6) is 0 Å². The SMILES string of the molecule is CCNS(=O)(=O)c1ccccc1NC(C)(C)CC. The van der Waals surface area contributed by atoms with Crippen molar-refractivity contribution < 1.29 is 8.42 Å². The third-order valence-electron chi connectivity index (χ3n) is 2.87. The Hall–Kier alpha value is -1.07. The molecule has 18 heavy (non-hydrogen) atoms. The smallest absolute Gasteiger partial charge is 0.242 e. The van der Waals surface area contributed by atoms with Crippen LogP contribution in [-0.2, 0) is 10.0 Å². The molecule has 0 saturated heterocycles. The van der Waals surface area contributed by atoms with E-state index < -0.39 is 10.0 Å². The maximum atomic E-state index is 12.1. The Morgan fingerprint density at radius 3 is 2.33 bits per heavy atom. The molecule has 1 rings (SSSR count). The molecular weight excluding hydrogens is 248 g/mol. The van der Waals surface area contributed by atoms with E-state index in [1.807, 2.05) is 19.9 Å². The number of para-hydroxylation sites is 1. The second-order valence-corrected chi connectivity index (χ2v) is 6.60. The number of sulfonamides is 1. The second-order valence-electron chi connectivity index (χ2n) is 4.86. The van der Waals surface area contributed by atoms with Crippen LogP contribution in [0.15, 0.2) is 29.2 Å². The first kappa shape index (κ1) is 15.0. The highest BCUT2D eigenvalue weighted by molar-refractivity contribution is 7.89. The fraction of sp³-hybridized carbons (Fsp3) is 0.538. The molecule has 1 aromatic rings. The topological polar surface area (TPSA) is 58.2 Å². The molecule has 4 nitrogen and oxygen atoms in total. The average molecular weight is 270 g/mol. The second kappa shape index (κ2) is 5.71. The Morgan fingerprint density at radius 1 is 1.17 bits per heavy atom. The molecule has 0 unspecified atom stereocenters. The maximum absolute atomic E-state index is 12.1. The maximum Gasteiger partial charge on any atom is 0.242 e. The van der Waals surface area contributed by atoms with E-state index in [2.05, 4.69) is 17.0 Å². The van der Waals surface area contributed by atoms with Crippen LogP contribution in [0.2, 0.25) is 0 Å². The summed E-state index contributed by atoms with van der Waals surface area (Å²) in [5, 5.41) is 3.28. The minimum atomic E-state index is -3.43. The van der Waals surface area contributed by atoms with Gasteiger partial charge in [-0.05, 0) is 32.4 Å². The van der Waals surface area contributed by atoms with E-state index in [9.17, 15) is 8.42 Å². The van der Waals surface area contributed by atoms with Gasteiger partial charge in [-0.2, -0.15) is 0 Å². The van der Waals surface area contributed by atoms with Crippen molar-refractivity contribution in [3.05, 3.63) is 24.3 Å². The lowest BCUT2D eigenvalue weighted by Gasteiger charge is -2.27. The summed E-state index contributed by atoms with van der Waals surface area (Å²) in [4.78, 5) is 0.299. The van der Waals surface area contributed by atoms with Crippen molar-refractivity contribution in [1.82, 2.24) is 4.72 Å². The van der Waals surface area contributed by atoms with Gasteiger partial charge in [0.2, 0.25) is 10.0 Å². The lowest BCUT2D eigenvalue weighted by Crippen LogP contribution is -2.31. The molecule has 5 heteroatoms. The normalized spacial score (nSPS) is 12.4. The summed E-state index contributed by atoms with van der Waals surface area (Å²) in [5.41, 5.74) is 0.503. The van der Waals surface area contributed by atoms with Gasteiger partial charge in [-0.25, -0.2) is 13.1 Å². The molecule has 0 saturated carbocycles. The fourth-order valence-corrected chi connectivity index (χ4v) is 2.73. The van der Waals surface area contributed by atoms with E-state index in [0.29, 0.717) is 17.1 Å². The van der Waals surface area contributed by atoms with Gasteiger partial charge in [0.1, 0.15) is 4.90 Å². The third-order valence-corrected chi connectivity index (χ3v) is 4.47. The zero-order valence-electron chi connectivity index (χ0n) is 11.4. The molecule has 0 amide bonds. The summed E-state index contributed by atoms with van der Waals surface area (Å²) in [6.45, 7) is 8.30. The Morgan fingerprint density at radius 2 is 1.78 bits per heavy atom. The number of anilines is 1. The molecule has 0 heterocycles. The predicted molar refractivity (Wildman–Crippen MR) is 75.3 cm³/mol. The molecular formula is C13H22N2O2S. The minimum absolute atomic E-state index is 0.141. The number of nitrogens with one attached hydrogen (secondary N) is 2. The molecule has 0 aromatic heterocycles. The summed E-state index contributed by atoms with van der Waals surface area (Å²) >= 11 is 0. The van der Waals surface area contributed by atoms with Crippen molar-refractivity contribution in [2.75, 3.05) is 11.9 Å². The quantitative estimate of drug-likeness (QED) is 0.835. The largest absolute Gasteiger partial charge is 0.379 e. The van der Waals surface area contributed by atoms with Gasteiger partial charge in [-0.1, -0.05) is 26.0 Å². The summed E-state index contributed by atoms with van der Waals surface area (Å²) in [6, 6.07) is 6.97. The van der Waals surface area contributed by atoms with Gasteiger partial charge in [-0.15, -0.1) is 0 Å². The van der Waals surface area contributed by atoms with Crippen molar-refractivity contribution in [3.63, 3.8) is 0 Å². The number of hydrogen-bond donors (Lipinski definition) is 2.